The molecule has 144 valence electrons. The fourth-order valence-electron chi connectivity index (χ4n) is 3.84. The van der Waals surface area contributed by atoms with E-state index in [0.29, 0.717) is 18.2 Å². The highest BCUT2D eigenvalue weighted by Crippen LogP contribution is 2.23. The fraction of sp³-hybridized carbons (Fsp3) is 0.600. The van der Waals surface area contributed by atoms with Gasteiger partial charge < -0.3 is 15.1 Å². The lowest BCUT2D eigenvalue weighted by Gasteiger charge is -2.42. The molecule has 3 rings (SSSR count). The van der Waals surface area contributed by atoms with Gasteiger partial charge >= 0.3 is 0 Å². The van der Waals surface area contributed by atoms with Gasteiger partial charge in [0.1, 0.15) is 0 Å². The molecule has 2 aliphatic rings. The number of likely N-dealkylation sites (tertiary alicyclic amines) is 1. The van der Waals surface area contributed by atoms with Gasteiger partial charge in [0.15, 0.2) is 0 Å². The molecule has 2 aliphatic heterocycles. The molecule has 5 nitrogen and oxygen atoms in total. The third kappa shape index (κ3) is 4.38. The van der Waals surface area contributed by atoms with Crippen molar-refractivity contribution in [2.75, 3.05) is 26.2 Å². The van der Waals surface area contributed by atoms with E-state index < -0.39 is 0 Å². The van der Waals surface area contributed by atoms with E-state index in [1.54, 1.807) is 0 Å². The van der Waals surface area contributed by atoms with Crippen molar-refractivity contribution in [3.63, 3.8) is 0 Å². The van der Waals surface area contributed by atoms with Crippen LogP contribution in [0.4, 0.5) is 0 Å². The Hall–Kier alpha value is -1.59. The maximum absolute atomic E-state index is 13.0. The summed E-state index contributed by atoms with van der Waals surface area (Å²) in [6.45, 7) is 9.12. The average molecular weight is 380 g/mol. The fourth-order valence-corrected chi connectivity index (χ4v) is 3.84. The van der Waals surface area contributed by atoms with Gasteiger partial charge in [0, 0.05) is 43.8 Å². The summed E-state index contributed by atoms with van der Waals surface area (Å²) >= 11 is 0. The van der Waals surface area contributed by atoms with Crippen LogP contribution >= 0.6 is 12.4 Å². The van der Waals surface area contributed by atoms with Crippen LogP contribution in [0, 0.1) is 12.8 Å². The molecule has 26 heavy (non-hydrogen) atoms. The van der Waals surface area contributed by atoms with Crippen molar-refractivity contribution in [2.45, 2.75) is 45.7 Å². The van der Waals surface area contributed by atoms with Crippen molar-refractivity contribution in [1.82, 2.24) is 15.1 Å². The Balaban J connectivity index is 0.00000243. The second-order valence-corrected chi connectivity index (χ2v) is 7.47. The molecule has 2 saturated heterocycles. The van der Waals surface area contributed by atoms with Gasteiger partial charge in [0.2, 0.25) is 5.91 Å². The molecule has 1 aromatic carbocycles. The molecule has 3 atom stereocenters. The van der Waals surface area contributed by atoms with Crippen molar-refractivity contribution in [1.29, 1.82) is 0 Å². The van der Waals surface area contributed by atoms with Crippen LogP contribution in [0.3, 0.4) is 0 Å². The molecule has 2 amide bonds. The van der Waals surface area contributed by atoms with Gasteiger partial charge in [-0.2, -0.15) is 0 Å². The van der Waals surface area contributed by atoms with E-state index in [9.17, 15) is 9.59 Å². The van der Waals surface area contributed by atoms with Crippen LogP contribution in [0.15, 0.2) is 24.3 Å². The summed E-state index contributed by atoms with van der Waals surface area (Å²) in [5, 5.41) is 3.41. The molecular weight excluding hydrogens is 350 g/mol. The number of piperazine rings is 1. The number of aryl methyl sites for hydroxylation is 1. The molecular formula is C20H30ClN3O2. The number of nitrogens with one attached hydrogen (secondary N) is 1. The summed E-state index contributed by atoms with van der Waals surface area (Å²) in [5.41, 5.74) is 1.85. The van der Waals surface area contributed by atoms with E-state index in [-0.39, 0.29) is 36.2 Å². The summed E-state index contributed by atoms with van der Waals surface area (Å²) in [6, 6.07) is 8.19. The van der Waals surface area contributed by atoms with Crippen molar-refractivity contribution >= 4 is 24.2 Å². The zero-order valence-corrected chi connectivity index (χ0v) is 16.7. The molecule has 0 bridgehead atoms. The minimum absolute atomic E-state index is 0. The average Bonchev–Trinajstić information content (AvgIpc) is 2.63. The minimum atomic E-state index is -0.0732. The number of nitrogens with zero attached hydrogens (tertiary/aromatic N) is 2. The predicted molar refractivity (Wildman–Crippen MR) is 106 cm³/mol. The molecule has 0 radical (unpaired) electrons. The van der Waals surface area contributed by atoms with Gasteiger partial charge in [0.05, 0.1) is 5.92 Å². The first kappa shape index (κ1) is 20.7. The summed E-state index contributed by atoms with van der Waals surface area (Å²) in [4.78, 5) is 29.6. The standard InChI is InChI=1S/C20H29N3O2.ClH/c1-14-6-8-17(9-7-14)19(24)22-11-4-5-18(13-22)20(25)23-12-10-21-15(2)16(23)3;/h6-9,15-16,18,21H,4-5,10-13H2,1-3H3;1H. The van der Waals surface area contributed by atoms with E-state index in [0.717, 1.165) is 38.0 Å². The van der Waals surface area contributed by atoms with E-state index in [4.69, 9.17) is 0 Å². The molecule has 1 N–H and O–H groups in total. The number of benzene rings is 1. The molecule has 3 unspecified atom stereocenters. The Labute approximate surface area is 162 Å². The maximum Gasteiger partial charge on any atom is 0.253 e. The lowest BCUT2D eigenvalue weighted by atomic mass is 9.94. The lowest BCUT2D eigenvalue weighted by Crippen LogP contribution is -2.59. The van der Waals surface area contributed by atoms with Gasteiger partial charge in [-0.15, -0.1) is 12.4 Å². The van der Waals surface area contributed by atoms with Crippen LogP contribution < -0.4 is 5.32 Å². The van der Waals surface area contributed by atoms with E-state index >= 15 is 0 Å². The van der Waals surface area contributed by atoms with E-state index in [2.05, 4.69) is 19.2 Å². The molecule has 0 aliphatic carbocycles. The van der Waals surface area contributed by atoms with Crippen LogP contribution in [-0.2, 0) is 4.79 Å². The number of halogens is 1. The van der Waals surface area contributed by atoms with Gasteiger partial charge in [-0.25, -0.2) is 0 Å². The number of carbonyl (C=O) groups excluding carboxylic acids is 2. The Kier molecular flexibility index (Phi) is 7.07. The van der Waals surface area contributed by atoms with Gasteiger partial charge in [0.25, 0.3) is 5.91 Å². The quantitative estimate of drug-likeness (QED) is 0.858. The van der Waals surface area contributed by atoms with Gasteiger partial charge in [-0.05, 0) is 45.7 Å². The molecule has 2 heterocycles. The van der Waals surface area contributed by atoms with Crippen LogP contribution in [0.25, 0.3) is 0 Å². The Morgan fingerprint density at radius 1 is 1.12 bits per heavy atom. The molecule has 1 aromatic rings. The Bertz CT molecular complexity index is 634. The minimum Gasteiger partial charge on any atom is -0.338 e. The van der Waals surface area contributed by atoms with Crippen LogP contribution in [0.1, 0.15) is 42.6 Å². The molecule has 0 aromatic heterocycles. The van der Waals surface area contributed by atoms with Crippen LogP contribution in [0.5, 0.6) is 0 Å². The number of hydrogen-bond acceptors (Lipinski definition) is 3. The smallest absolute Gasteiger partial charge is 0.253 e. The molecule has 0 spiro atoms. The second-order valence-electron chi connectivity index (χ2n) is 7.47. The van der Waals surface area contributed by atoms with Crippen molar-refractivity contribution in [3.8, 4) is 0 Å². The highest BCUT2D eigenvalue weighted by Gasteiger charge is 2.35. The summed E-state index contributed by atoms with van der Waals surface area (Å²) in [6.07, 6.45) is 1.77. The number of hydrogen-bond donors (Lipinski definition) is 1. The maximum atomic E-state index is 13.0. The topological polar surface area (TPSA) is 52.7 Å². The number of rotatable bonds is 2. The zero-order chi connectivity index (χ0) is 18.0. The zero-order valence-electron chi connectivity index (χ0n) is 15.9. The summed E-state index contributed by atoms with van der Waals surface area (Å²) < 4.78 is 0. The van der Waals surface area contributed by atoms with Crippen LogP contribution in [-0.4, -0.2) is 59.9 Å². The largest absolute Gasteiger partial charge is 0.338 e. The van der Waals surface area contributed by atoms with Crippen molar-refractivity contribution in [2.24, 2.45) is 5.92 Å². The normalized spacial score (nSPS) is 26.2. The second kappa shape index (κ2) is 8.87. The van der Waals surface area contributed by atoms with E-state index in [1.807, 2.05) is 41.0 Å². The lowest BCUT2D eigenvalue weighted by molar-refractivity contribution is -0.140. The monoisotopic (exact) mass is 379 g/mol. The van der Waals surface area contributed by atoms with Crippen molar-refractivity contribution in [3.05, 3.63) is 35.4 Å². The number of carbonyl (C=O) groups is 2. The Morgan fingerprint density at radius 2 is 1.81 bits per heavy atom. The van der Waals surface area contributed by atoms with Crippen molar-refractivity contribution < 1.29 is 9.59 Å². The molecule has 2 fully saturated rings. The first-order valence-corrected chi connectivity index (χ1v) is 9.37. The third-order valence-corrected chi connectivity index (χ3v) is 5.67. The third-order valence-electron chi connectivity index (χ3n) is 5.67. The molecule has 6 heteroatoms. The number of piperidine rings is 1. The van der Waals surface area contributed by atoms with E-state index in [1.165, 1.54) is 0 Å². The van der Waals surface area contributed by atoms with Gasteiger partial charge in [-0.3, -0.25) is 9.59 Å². The summed E-state index contributed by atoms with van der Waals surface area (Å²) in [5.74, 6) is 0.178. The number of amides is 2. The Morgan fingerprint density at radius 3 is 2.50 bits per heavy atom. The van der Waals surface area contributed by atoms with Gasteiger partial charge in [-0.1, -0.05) is 17.7 Å². The van der Waals surface area contributed by atoms with Crippen LogP contribution in [0.2, 0.25) is 0 Å². The SMILES string of the molecule is Cc1ccc(C(=O)N2CCCC(C(=O)N3CCNC(C)C3C)C2)cc1.Cl. The first-order valence-electron chi connectivity index (χ1n) is 9.37. The predicted octanol–water partition coefficient (Wildman–Crippen LogP) is 2.48. The first-order chi connectivity index (χ1) is 12.0. The highest BCUT2D eigenvalue weighted by atomic mass is 35.5. The molecule has 0 saturated carbocycles. The highest BCUT2D eigenvalue weighted by molar-refractivity contribution is 5.94. The summed E-state index contributed by atoms with van der Waals surface area (Å²) in [7, 11) is 0.